The molecule has 220 valence electrons. The van der Waals surface area contributed by atoms with Crippen LogP contribution in [0, 0.1) is 13.8 Å². The number of aryl methyl sites for hydroxylation is 2. The molecule has 0 fully saturated rings. The largest absolute Gasteiger partial charge is 0.330 e. The highest BCUT2D eigenvalue weighted by molar-refractivity contribution is 9.10. The van der Waals surface area contributed by atoms with Gasteiger partial charge in [0.15, 0.2) is 0 Å². The van der Waals surface area contributed by atoms with Gasteiger partial charge >= 0.3 is 0 Å². The molecule has 7 rings (SSSR count). The molecule has 44 heavy (non-hydrogen) atoms. The van der Waals surface area contributed by atoms with Crippen molar-refractivity contribution in [2.45, 2.75) is 46.2 Å². The maximum Gasteiger partial charge on any atom is 0.261 e. The standard InChI is InChI=1S/C34H30BrN7O2/c1-21-15-25(9-14-30(21)35)33(43)39-19-31-29(16-22(39)2)34(44)40(27-10-12-28(13-11-27)41-23(3)36-20-38-41)32-26(18-37-42(31)32)17-24-7-5-4-6-8-24/h4-15,18,20,22H,16-17,19H2,1-3H3. The van der Waals surface area contributed by atoms with E-state index in [9.17, 15) is 9.59 Å². The van der Waals surface area contributed by atoms with Gasteiger partial charge in [0.2, 0.25) is 0 Å². The second-order valence-corrected chi connectivity index (χ2v) is 12.2. The van der Waals surface area contributed by atoms with Crippen molar-refractivity contribution in [3.05, 3.63) is 139 Å². The minimum Gasteiger partial charge on any atom is -0.330 e. The average molecular weight is 649 g/mol. The molecule has 1 amide bonds. The number of fused-ring (bicyclic) bond motifs is 3. The van der Waals surface area contributed by atoms with Gasteiger partial charge in [0, 0.05) is 33.6 Å². The molecule has 0 saturated carbocycles. The van der Waals surface area contributed by atoms with Gasteiger partial charge in [-0.25, -0.2) is 14.2 Å². The smallest absolute Gasteiger partial charge is 0.261 e. The van der Waals surface area contributed by atoms with Crippen molar-refractivity contribution in [1.29, 1.82) is 0 Å². The molecule has 0 spiro atoms. The van der Waals surface area contributed by atoms with Gasteiger partial charge in [-0.2, -0.15) is 10.2 Å². The van der Waals surface area contributed by atoms with E-state index in [2.05, 4.69) is 38.1 Å². The number of rotatable bonds is 5. The Labute approximate surface area is 262 Å². The van der Waals surface area contributed by atoms with Gasteiger partial charge in [-0.15, -0.1) is 0 Å². The van der Waals surface area contributed by atoms with Crippen LogP contribution in [0.15, 0.2) is 94.6 Å². The molecule has 0 saturated heterocycles. The van der Waals surface area contributed by atoms with Gasteiger partial charge < -0.3 is 4.90 Å². The number of halogens is 1. The Hall–Kier alpha value is -4.83. The third kappa shape index (κ3) is 4.75. The Kier molecular flexibility index (Phi) is 7.01. The lowest BCUT2D eigenvalue weighted by atomic mass is 9.98. The van der Waals surface area contributed by atoms with E-state index >= 15 is 0 Å². The minimum atomic E-state index is -0.172. The Morgan fingerprint density at radius 2 is 1.73 bits per heavy atom. The maximum atomic E-state index is 14.5. The Bertz CT molecular complexity index is 2090. The second-order valence-electron chi connectivity index (χ2n) is 11.3. The molecule has 4 heterocycles. The molecule has 3 aromatic heterocycles. The van der Waals surface area contributed by atoms with E-state index in [0.717, 1.165) is 44.1 Å². The van der Waals surface area contributed by atoms with Crippen LogP contribution < -0.4 is 5.56 Å². The first-order valence-electron chi connectivity index (χ1n) is 14.5. The number of nitrogens with zero attached hydrogens (tertiary/aromatic N) is 7. The predicted molar refractivity (Wildman–Crippen MR) is 172 cm³/mol. The third-order valence-electron chi connectivity index (χ3n) is 8.42. The summed E-state index contributed by atoms with van der Waals surface area (Å²) in [4.78, 5) is 34.3. The van der Waals surface area contributed by atoms with Crippen molar-refractivity contribution in [2.75, 3.05) is 0 Å². The Balaban J connectivity index is 1.37. The molecule has 6 aromatic rings. The molecule has 3 aromatic carbocycles. The van der Waals surface area contributed by atoms with Gasteiger partial charge in [0.25, 0.3) is 11.5 Å². The van der Waals surface area contributed by atoms with Crippen molar-refractivity contribution >= 4 is 27.5 Å². The van der Waals surface area contributed by atoms with Crippen LogP contribution >= 0.6 is 15.9 Å². The van der Waals surface area contributed by atoms with Gasteiger partial charge in [-0.1, -0.05) is 46.3 Å². The first-order valence-corrected chi connectivity index (χ1v) is 15.3. The molecule has 1 unspecified atom stereocenters. The van der Waals surface area contributed by atoms with E-state index in [1.807, 2.05) is 97.0 Å². The summed E-state index contributed by atoms with van der Waals surface area (Å²) >= 11 is 3.53. The van der Waals surface area contributed by atoms with Crippen molar-refractivity contribution in [3.8, 4) is 11.4 Å². The highest BCUT2D eigenvalue weighted by Gasteiger charge is 2.33. The quantitative estimate of drug-likeness (QED) is 0.242. The van der Waals surface area contributed by atoms with Crippen LogP contribution in [0.3, 0.4) is 0 Å². The monoisotopic (exact) mass is 647 g/mol. The maximum absolute atomic E-state index is 14.5. The molecule has 1 aliphatic heterocycles. The number of hydrogen-bond acceptors (Lipinski definition) is 5. The van der Waals surface area contributed by atoms with Gasteiger partial charge in [0.05, 0.1) is 29.8 Å². The lowest BCUT2D eigenvalue weighted by Crippen LogP contribution is -2.46. The summed E-state index contributed by atoms with van der Waals surface area (Å²) in [6.07, 6.45) is 4.40. The van der Waals surface area contributed by atoms with E-state index in [0.29, 0.717) is 29.6 Å². The molecular formula is C34H30BrN7O2. The Morgan fingerprint density at radius 1 is 0.977 bits per heavy atom. The SMILES string of the molecule is Cc1cc(C(=O)N2Cc3c(c(=O)n(-c4ccc(-n5ncnc5C)cc4)c4c(Cc5ccccc5)cnn34)CC2C)ccc1Br. The number of aromatic nitrogens is 6. The number of amides is 1. The lowest BCUT2D eigenvalue weighted by Gasteiger charge is -2.35. The number of carbonyl (C=O) groups excluding carboxylic acids is 1. The summed E-state index contributed by atoms with van der Waals surface area (Å²) in [5, 5.41) is 9.15. The number of benzene rings is 3. The van der Waals surface area contributed by atoms with Crippen molar-refractivity contribution in [3.63, 3.8) is 0 Å². The molecule has 10 heteroatoms. The van der Waals surface area contributed by atoms with Crippen LogP contribution in [-0.2, 0) is 19.4 Å². The van der Waals surface area contributed by atoms with Crippen molar-refractivity contribution < 1.29 is 4.79 Å². The molecule has 9 nitrogen and oxygen atoms in total. The summed E-state index contributed by atoms with van der Waals surface area (Å²) in [5.41, 5.74) is 7.27. The molecule has 0 aliphatic carbocycles. The van der Waals surface area contributed by atoms with Gasteiger partial charge in [-0.05, 0) is 80.8 Å². The molecule has 0 radical (unpaired) electrons. The topological polar surface area (TPSA) is 90.3 Å². The average Bonchev–Trinajstić information content (AvgIpc) is 3.65. The fraction of sp³-hybridized carbons (Fsp3) is 0.206. The zero-order valence-corrected chi connectivity index (χ0v) is 26.2. The highest BCUT2D eigenvalue weighted by Crippen LogP contribution is 2.28. The molecule has 1 aliphatic rings. The van der Waals surface area contributed by atoms with Crippen LogP contribution in [-0.4, -0.2) is 45.8 Å². The summed E-state index contributed by atoms with van der Waals surface area (Å²) in [6, 6.07) is 23.4. The van der Waals surface area contributed by atoms with Gasteiger partial charge in [0.1, 0.15) is 17.8 Å². The summed E-state index contributed by atoms with van der Waals surface area (Å²) in [5.74, 6) is 0.713. The van der Waals surface area contributed by atoms with Crippen LogP contribution in [0.1, 0.15) is 51.1 Å². The number of hydrogen-bond donors (Lipinski definition) is 0. The molecule has 0 bridgehead atoms. The van der Waals surface area contributed by atoms with E-state index < -0.39 is 0 Å². The fourth-order valence-electron chi connectivity index (χ4n) is 6.08. The molecule has 1 atom stereocenters. The zero-order chi connectivity index (χ0) is 30.5. The van der Waals surface area contributed by atoms with Crippen molar-refractivity contribution in [1.82, 2.24) is 33.8 Å². The van der Waals surface area contributed by atoms with E-state index in [4.69, 9.17) is 5.10 Å². The first-order chi connectivity index (χ1) is 21.3. The van der Waals surface area contributed by atoms with E-state index in [1.165, 1.54) is 6.33 Å². The summed E-state index contributed by atoms with van der Waals surface area (Å²) in [7, 11) is 0. The summed E-state index contributed by atoms with van der Waals surface area (Å²) < 4.78 is 6.35. The first kappa shape index (κ1) is 28.0. The third-order valence-corrected chi connectivity index (χ3v) is 9.31. The molecular weight excluding hydrogens is 618 g/mol. The fourth-order valence-corrected chi connectivity index (χ4v) is 6.32. The predicted octanol–water partition coefficient (Wildman–Crippen LogP) is 5.62. The van der Waals surface area contributed by atoms with Crippen LogP contribution in [0.5, 0.6) is 0 Å². The zero-order valence-electron chi connectivity index (χ0n) is 24.6. The molecule has 0 N–H and O–H groups in total. The summed E-state index contributed by atoms with van der Waals surface area (Å²) in [6.45, 7) is 6.15. The van der Waals surface area contributed by atoms with Gasteiger partial charge in [-0.3, -0.25) is 14.2 Å². The highest BCUT2D eigenvalue weighted by atomic mass is 79.9. The van der Waals surface area contributed by atoms with E-state index in [1.54, 1.807) is 9.25 Å². The lowest BCUT2D eigenvalue weighted by molar-refractivity contribution is 0.0651. The van der Waals surface area contributed by atoms with Crippen molar-refractivity contribution in [2.24, 2.45) is 0 Å². The second kappa shape index (κ2) is 11.0. The normalized spacial score (nSPS) is 14.6. The number of carbonyl (C=O) groups is 1. The minimum absolute atomic E-state index is 0.0632. The Morgan fingerprint density at radius 3 is 2.43 bits per heavy atom. The van der Waals surface area contributed by atoms with Crippen LogP contribution in [0.25, 0.3) is 17.0 Å². The van der Waals surface area contributed by atoms with Crippen LogP contribution in [0.2, 0.25) is 0 Å². The van der Waals surface area contributed by atoms with Crippen LogP contribution in [0.4, 0.5) is 0 Å². The van der Waals surface area contributed by atoms with E-state index in [-0.39, 0.29) is 24.1 Å².